The fourth-order valence-electron chi connectivity index (χ4n) is 1.74. The van der Waals surface area contributed by atoms with Gasteiger partial charge >= 0.3 is 0 Å². The number of hydrogen-bond donors (Lipinski definition) is 0. The van der Waals surface area contributed by atoms with Crippen LogP contribution in [0.5, 0.6) is 0 Å². The molecule has 0 amide bonds. The first-order valence-electron chi connectivity index (χ1n) is 4.89. The summed E-state index contributed by atoms with van der Waals surface area (Å²) in [4.78, 5) is 4.48. The monoisotopic (exact) mass is 198 g/mol. The van der Waals surface area contributed by atoms with E-state index in [1.807, 2.05) is 32.2 Å². The fourth-order valence-corrected chi connectivity index (χ4v) is 1.74. The van der Waals surface area contributed by atoms with Crippen LogP contribution in [0, 0.1) is 6.92 Å². The molecule has 1 heterocycles. The van der Waals surface area contributed by atoms with E-state index in [2.05, 4.69) is 28.8 Å². The molecule has 0 radical (unpaired) electrons. The van der Waals surface area contributed by atoms with Gasteiger partial charge in [-0.2, -0.15) is 0 Å². The lowest BCUT2D eigenvalue weighted by atomic mass is 10.1. The number of aromatic nitrogens is 2. The molecule has 0 unspecified atom stereocenters. The van der Waals surface area contributed by atoms with Gasteiger partial charge < -0.3 is 4.57 Å². The van der Waals surface area contributed by atoms with E-state index in [4.69, 9.17) is 0 Å². The van der Waals surface area contributed by atoms with Crippen molar-refractivity contribution in [2.45, 2.75) is 6.92 Å². The summed E-state index contributed by atoms with van der Waals surface area (Å²) in [5.74, 6) is 1.02. The molecule has 0 aliphatic heterocycles. The van der Waals surface area contributed by atoms with Crippen molar-refractivity contribution in [1.29, 1.82) is 0 Å². The Kier molecular flexibility index (Phi) is 2.19. The minimum absolute atomic E-state index is 1.01. The summed E-state index contributed by atoms with van der Waals surface area (Å²) in [6.45, 7) is 9.60. The first-order valence-corrected chi connectivity index (χ1v) is 4.89. The quantitative estimate of drug-likeness (QED) is 0.724. The molecule has 2 nitrogen and oxygen atoms in total. The molecule has 2 heteroatoms. The molecule has 0 aliphatic carbocycles. The lowest BCUT2D eigenvalue weighted by molar-refractivity contribution is 0.886. The van der Waals surface area contributed by atoms with E-state index in [0.717, 1.165) is 28.0 Å². The Balaban J connectivity index is 2.86. The first kappa shape index (κ1) is 9.71. The third-order valence-corrected chi connectivity index (χ3v) is 2.75. The van der Waals surface area contributed by atoms with Crippen LogP contribution in [0.25, 0.3) is 23.2 Å². The number of nitrogens with zero attached hydrogens (tertiary/aromatic N) is 2. The van der Waals surface area contributed by atoms with Gasteiger partial charge in [0.1, 0.15) is 5.82 Å². The van der Waals surface area contributed by atoms with Gasteiger partial charge in [-0.05, 0) is 30.2 Å². The molecule has 1 aromatic carbocycles. The van der Waals surface area contributed by atoms with Crippen molar-refractivity contribution < 1.29 is 0 Å². The maximum Gasteiger partial charge on any atom is 0.106 e. The molecular formula is C13H14N2. The van der Waals surface area contributed by atoms with Gasteiger partial charge in [0.15, 0.2) is 0 Å². The summed E-state index contributed by atoms with van der Waals surface area (Å²) in [7, 11) is 2.02. The fraction of sp³-hybridized carbons (Fsp3) is 0.154. The highest BCUT2D eigenvalue weighted by atomic mass is 15.0. The predicted molar refractivity (Wildman–Crippen MR) is 65.6 cm³/mol. The van der Waals surface area contributed by atoms with Crippen molar-refractivity contribution in [3.63, 3.8) is 0 Å². The summed E-state index contributed by atoms with van der Waals surface area (Å²) < 4.78 is 2.08. The highest BCUT2D eigenvalue weighted by molar-refractivity contribution is 5.83. The number of benzene rings is 1. The Labute approximate surface area is 89.6 Å². The average molecular weight is 198 g/mol. The van der Waals surface area contributed by atoms with Gasteiger partial charge in [-0.15, -0.1) is 0 Å². The van der Waals surface area contributed by atoms with E-state index in [-0.39, 0.29) is 0 Å². The second-order valence-corrected chi connectivity index (χ2v) is 3.60. The number of aryl methyl sites for hydroxylation is 2. The van der Waals surface area contributed by atoms with Gasteiger partial charge in [0.2, 0.25) is 0 Å². The third kappa shape index (κ3) is 1.38. The molecule has 15 heavy (non-hydrogen) atoms. The molecule has 0 atom stereocenters. The van der Waals surface area contributed by atoms with Gasteiger partial charge in [0.25, 0.3) is 0 Å². The molecule has 0 fully saturated rings. The van der Waals surface area contributed by atoms with E-state index in [0.29, 0.717) is 0 Å². The molecule has 2 rings (SSSR count). The van der Waals surface area contributed by atoms with E-state index >= 15 is 0 Å². The molecular weight excluding hydrogens is 184 g/mol. The molecule has 0 saturated heterocycles. The lowest BCUT2D eigenvalue weighted by Gasteiger charge is -2.02. The van der Waals surface area contributed by atoms with Gasteiger partial charge in [0, 0.05) is 7.05 Å². The second kappa shape index (κ2) is 3.39. The molecule has 0 spiro atoms. The van der Waals surface area contributed by atoms with Gasteiger partial charge in [-0.1, -0.05) is 25.3 Å². The van der Waals surface area contributed by atoms with Crippen LogP contribution < -0.4 is 0 Å². The maximum atomic E-state index is 4.48. The van der Waals surface area contributed by atoms with Crippen LogP contribution in [0.2, 0.25) is 0 Å². The minimum Gasteiger partial charge on any atom is -0.331 e. The first-order chi connectivity index (χ1) is 7.17. The standard InChI is InChI=1S/C13H14N2/c1-5-10-7-12-13(8-11(10)6-2)15(4)9(3)14-12/h5-8H,1-2H2,3-4H3. The summed E-state index contributed by atoms with van der Waals surface area (Å²) in [6, 6.07) is 4.14. The predicted octanol–water partition coefficient (Wildman–Crippen LogP) is 3.17. The zero-order valence-electron chi connectivity index (χ0n) is 9.12. The molecule has 0 saturated carbocycles. The molecule has 0 bridgehead atoms. The van der Waals surface area contributed by atoms with E-state index in [1.165, 1.54) is 0 Å². The van der Waals surface area contributed by atoms with Crippen LogP contribution in [-0.2, 0) is 7.05 Å². The Hall–Kier alpha value is -1.83. The Morgan fingerprint density at radius 3 is 2.40 bits per heavy atom. The topological polar surface area (TPSA) is 17.8 Å². The average Bonchev–Trinajstić information content (AvgIpc) is 2.53. The number of imidazole rings is 1. The van der Waals surface area contributed by atoms with Crippen molar-refractivity contribution >= 4 is 23.2 Å². The Morgan fingerprint density at radius 2 is 1.80 bits per heavy atom. The number of hydrogen-bond acceptors (Lipinski definition) is 1. The highest BCUT2D eigenvalue weighted by Gasteiger charge is 2.06. The summed E-state index contributed by atoms with van der Waals surface area (Å²) in [6.07, 6.45) is 3.68. The Bertz CT molecular complexity index is 547. The van der Waals surface area contributed by atoms with E-state index in [9.17, 15) is 0 Å². The molecule has 0 aliphatic rings. The largest absolute Gasteiger partial charge is 0.331 e. The smallest absolute Gasteiger partial charge is 0.106 e. The van der Waals surface area contributed by atoms with Crippen molar-refractivity contribution in [2.75, 3.05) is 0 Å². The van der Waals surface area contributed by atoms with Crippen LogP contribution in [0.3, 0.4) is 0 Å². The van der Waals surface area contributed by atoms with Crippen LogP contribution in [0.15, 0.2) is 25.3 Å². The zero-order valence-corrected chi connectivity index (χ0v) is 9.12. The SMILES string of the molecule is C=Cc1cc2nc(C)n(C)c2cc1C=C. The van der Waals surface area contributed by atoms with Crippen LogP contribution >= 0.6 is 0 Å². The summed E-state index contributed by atoms with van der Waals surface area (Å²) in [5, 5.41) is 0. The second-order valence-electron chi connectivity index (χ2n) is 3.60. The zero-order chi connectivity index (χ0) is 11.0. The van der Waals surface area contributed by atoms with Crippen LogP contribution in [0.1, 0.15) is 17.0 Å². The maximum absolute atomic E-state index is 4.48. The van der Waals surface area contributed by atoms with Crippen LogP contribution in [0.4, 0.5) is 0 Å². The normalized spacial score (nSPS) is 10.5. The van der Waals surface area contributed by atoms with Crippen molar-refractivity contribution in [2.24, 2.45) is 7.05 Å². The summed E-state index contributed by atoms with van der Waals surface area (Å²) >= 11 is 0. The van der Waals surface area contributed by atoms with Gasteiger partial charge in [-0.3, -0.25) is 0 Å². The van der Waals surface area contributed by atoms with Crippen molar-refractivity contribution in [3.05, 3.63) is 42.2 Å². The van der Waals surface area contributed by atoms with Gasteiger partial charge in [-0.25, -0.2) is 4.98 Å². The van der Waals surface area contributed by atoms with E-state index in [1.54, 1.807) is 0 Å². The van der Waals surface area contributed by atoms with Gasteiger partial charge in [0.05, 0.1) is 11.0 Å². The van der Waals surface area contributed by atoms with Crippen molar-refractivity contribution in [3.8, 4) is 0 Å². The lowest BCUT2D eigenvalue weighted by Crippen LogP contribution is -1.90. The van der Waals surface area contributed by atoms with Crippen molar-refractivity contribution in [1.82, 2.24) is 9.55 Å². The molecule has 76 valence electrons. The Morgan fingerprint density at radius 1 is 1.20 bits per heavy atom. The van der Waals surface area contributed by atoms with E-state index < -0.39 is 0 Å². The highest BCUT2D eigenvalue weighted by Crippen LogP contribution is 2.22. The number of rotatable bonds is 2. The molecule has 0 N–H and O–H groups in total. The number of fused-ring (bicyclic) bond motifs is 1. The molecule has 1 aromatic heterocycles. The molecule has 2 aromatic rings. The minimum atomic E-state index is 1.01. The summed E-state index contributed by atoms with van der Waals surface area (Å²) in [5.41, 5.74) is 4.32. The third-order valence-electron chi connectivity index (χ3n) is 2.75. The van der Waals surface area contributed by atoms with Crippen LogP contribution in [-0.4, -0.2) is 9.55 Å².